The molecule has 15 heavy (non-hydrogen) atoms. The Morgan fingerprint density at radius 1 is 1.27 bits per heavy atom. The maximum Gasteiger partial charge on any atom is 0.155 e. The Bertz CT molecular complexity index is 235. The molecule has 1 unspecified atom stereocenters. The minimum Gasteiger partial charge on any atom is -0.295 e. The van der Waals surface area contributed by atoms with E-state index in [4.69, 9.17) is 0 Å². The van der Waals surface area contributed by atoms with Gasteiger partial charge < -0.3 is 0 Å². The molecule has 0 N–H and O–H groups in total. The van der Waals surface area contributed by atoms with Gasteiger partial charge in [0.15, 0.2) is 5.78 Å². The Balaban J connectivity index is 2.74. The molecule has 2 heteroatoms. The number of carbonyl (C=O) groups is 1. The summed E-state index contributed by atoms with van der Waals surface area (Å²) in [5, 5.41) is 2.09. The predicted molar refractivity (Wildman–Crippen MR) is 69.4 cm³/mol. The van der Waals surface area contributed by atoms with Crippen molar-refractivity contribution in [1.82, 2.24) is 0 Å². The zero-order valence-electron chi connectivity index (χ0n) is 10.3. The molecule has 0 aromatic carbocycles. The number of allylic oxidation sites excluding steroid dienone is 1. The fraction of sp³-hybridized carbons (Fsp3) is 0.769. The summed E-state index contributed by atoms with van der Waals surface area (Å²) in [5.41, 5.74) is 0. The first-order valence-corrected chi connectivity index (χ1v) is 7.35. The molecule has 0 saturated carbocycles. The summed E-state index contributed by atoms with van der Waals surface area (Å²) in [6.45, 7) is 9.24. The first-order valence-electron chi connectivity index (χ1n) is 5.94. The molecule has 0 saturated heterocycles. The molecular weight excluding hydrogens is 204 g/mol. The fourth-order valence-corrected chi connectivity index (χ4v) is 5.53. The zero-order chi connectivity index (χ0) is 11.4. The second-order valence-corrected chi connectivity index (χ2v) is 8.07. The van der Waals surface area contributed by atoms with E-state index in [0.29, 0.717) is 21.9 Å². The number of carbonyl (C=O) groups excluding carboxylic acids is 1. The van der Waals surface area contributed by atoms with Gasteiger partial charge in [0, 0.05) is 6.42 Å². The number of ketones is 1. The fourth-order valence-electron chi connectivity index (χ4n) is 2.34. The molecule has 1 aliphatic carbocycles. The number of rotatable bonds is 3. The van der Waals surface area contributed by atoms with Crippen molar-refractivity contribution in [3.8, 4) is 0 Å². The number of hydrogen-bond donors (Lipinski definition) is 0. The molecule has 0 spiro atoms. The molecule has 0 aromatic heterocycles. The first kappa shape index (κ1) is 12.8. The lowest BCUT2D eigenvalue weighted by Crippen LogP contribution is -2.34. The molecule has 86 valence electrons. The van der Waals surface area contributed by atoms with Gasteiger partial charge in [-0.15, -0.1) is 0 Å². The van der Waals surface area contributed by atoms with Crippen molar-refractivity contribution in [2.24, 2.45) is 0 Å². The van der Waals surface area contributed by atoms with Gasteiger partial charge in [0.2, 0.25) is 0 Å². The van der Waals surface area contributed by atoms with Crippen LogP contribution in [0.3, 0.4) is 0 Å². The second kappa shape index (κ2) is 5.74. The van der Waals surface area contributed by atoms with Crippen LogP contribution < -0.4 is 0 Å². The summed E-state index contributed by atoms with van der Waals surface area (Å²) in [5.74, 6) is 0.313. The molecule has 1 rings (SSSR count). The van der Waals surface area contributed by atoms with Crippen LogP contribution in [0.15, 0.2) is 12.2 Å². The molecule has 0 aliphatic heterocycles. The maximum absolute atomic E-state index is 11.3. The van der Waals surface area contributed by atoms with E-state index in [1.165, 1.54) is 6.42 Å². The van der Waals surface area contributed by atoms with Gasteiger partial charge >= 0.3 is 0 Å². The van der Waals surface area contributed by atoms with Crippen LogP contribution in [0.4, 0.5) is 0 Å². The molecule has 0 aromatic rings. The van der Waals surface area contributed by atoms with Crippen molar-refractivity contribution >= 4 is 16.7 Å². The molecule has 0 heterocycles. The highest BCUT2D eigenvalue weighted by Crippen LogP contribution is 2.25. The quantitative estimate of drug-likeness (QED) is 0.677. The van der Waals surface area contributed by atoms with Gasteiger partial charge in [-0.2, -0.15) is 0 Å². The van der Waals surface area contributed by atoms with Crippen molar-refractivity contribution < 1.29 is 4.79 Å². The summed E-state index contributed by atoms with van der Waals surface area (Å²) in [7, 11) is 0.421. The first-order chi connectivity index (χ1) is 7.02. The predicted octanol–water partition coefficient (Wildman–Crippen LogP) is 3.10. The van der Waals surface area contributed by atoms with Crippen molar-refractivity contribution in [3.05, 3.63) is 12.2 Å². The lowest BCUT2D eigenvalue weighted by Gasteiger charge is -2.22. The minimum absolute atomic E-state index is 0.313. The van der Waals surface area contributed by atoms with Crippen molar-refractivity contribution in [3.63, 3.8) is 0 Å². The normalized spacial score (nSPS) is 22.9. The van der Waals surface area contributed by atoms with Gasteiger partial charge in [-0.1, -0.05) is 0 Å². The molecule has 0 amide bonds. The standard InChI is InChI=1S/C13H23OS/c1-10(2)15(11(3)4)13-7-5-6-12(14)8-9-13/h8-11,13H,5-7H2,1-4H3/q+1. The summed E-state index contributed by atoms with van der Waals surface area (Å²) >= 11 is 0. The smallest absolute Gasteiger partial charge is 0.155 e. The van der Waals surface area contributed by atoms with E-state index in [9.17, 15) is 4.79 Å². The van der Waals surface area contributed by atoms with Crippen LogP contribution >= 0.6 is 0 Å². The second-order valence-electron chi connectivity index (χ2n) is 4.76. The molecule has 1 nitrogen and oxygen atoms in total. The number of hydrogen-bond acceptors (Lipinski definition) is 1. The van der Waals surface area contributed by atoms with Gasteiger partial charge in [0.25, 0.3) is 0 Å². The molecule has 1 aliphatic rings. The third kappa shape index (κ3) is 3.67. The highest BCUT2D eigenvalue weighted by atomic mass is 32.2. The van der Waals surface area contributed by atoms with Gasteiger partial charge in [0.1, 0.15) is 15.7 Å². The zero-order valence-corrected chi connectivity index (χ0v) is 11.1. The van der Waals surface area contributed by atoms with Crippen LogP contribution in [0.25, 0.3) is 0 Å². The van der Waals surface area contributed by atoms with E-state index in [1.54, 1.807) is 0 Å². The highest BCUT2D eigenvalue weighted by Gasteiger charge is 2.35. The molecular formula is C13H23OS+. The molecule has 0 fully saturated rings. The van der Waals surface area contributed by atoms with E-state index in [-0.39, 0.29) is 0 Å². The molecule has 1 atom stereocenters. The van der Waals surface area contributed by atoms with Crippen LogP contribution in [0.1, 0.15) is 47.0 Å². The van der Waals surface area contributed by atoms with Crippen LogP contribution in [-0.2, 0) is 15.7 Å². The van der Waals surface area contributed by atoms with E-state index in [0.717, 1.165) is 23.3 Å². The maximum atomic E-state index is 11.3. The Labute approximate surface area is 96.7 Å². The third-order valence-electron chi connectivity index (χ3n) is 2.85. The lowest BCUT2D eigenvalue weighted by molar-refractivity contribution is -0.114. The summed E-state index contributed by atoms with van der Waals surface area (Å²) < 4.78 is 0. The average Bonchev–Trinajstić information content (AvgIpc) is 2.30. The van der Waals surface area contributed by atoms with Crippen LogP contribution in [0, 0.1) is 0 Å². The van der Waals surface area contributed by atoms with E-state index in [1.807, 2.05) is 6.08 Å². The van der Waals surface area contributed by atoms with Crippen molar-refractivity contribution in [2.45, 2.75) is 62.7 Å². The van der Waals surface area contributed by atoms with Gasteiger partial charge in [-0.3, -0.25) is 4.79 Å². The summed E-state index contributed by atoms with van der Waals surface area (Å²) in [4.78, 5) is 11.3. The van der Waals surface area contributed by atoms with Crippen LogP contribution in [0.5, 0.6) is 0 Å². The van der Waals surface area contributed by atoms with Gasteiger partial charge in [0.05, 0.1) is 0 Å². The average molecular weight is 227 g/mol. The summed E-state index contributed by atoms with van der Waals surface area (Å²) in [6, 6.07) is 0. The van der Waals surface area contributed by atoms with Crippen LogP contribution in [0.2, 0.25) is 0 Å². The van der Waals surface area contributed by atoms with Gasteiger partial charge in [-0.05, 0) is 63.6 Å². The lowest BCUT2D eigenvalue weighted by atomic mass is 10.2. The van der Waals surface area contributed by atoms with E-state index in [2.05, 4.69) is 33.8 Å². The Morgan fingerprint density at radius 2 is 1.87 bits per heavy atom. The van der Waals surface area contributed by atoms with Crippen molar-refractivity contribution in [1.29, 1.82) is 0 Å². The Hall–Kier alpha value is -0.240. The monoisotopic (exact) mass is 227 g/mol. The minimum atomic E-state index is 0.313. The Kier molecular flexibility index (Phi) is 4.91. The third-order valence-corrected chi connectivity index (χ3v) is 6.12. The van der Waals surface area contributed by atoms with Crippen LogP contribution in [-0.4, -0.2) is 21.5 Å². The largest absolute Gasteiger partial charge is 0.295 e. The SMILES string of the molecule is CC(C)[S+](C(C)C)C1C=CC(=O)CCC1. The summed E-state index contributed by atoms with van der Waals surface area (Å²) in [6.07, 6.45) is 7.02. The van der Waals surface area contributed by atoms with E-state index < -0.39 is 0 Å². The van der Waals surface area contributed by atoms with E-state index >= 15 is 0 Å². The molecule has 0 radical (unpaired) electrons. The molecule has 0 bridgehead atoms. The Morgan fingerprint density at radius 3 is 2.40 bits per heavy atom. The highest BCUT2D eigenvalue weighted by molar-refractivity contribution is 7.98. The topological polar surface area (TPSA) is 17.1 Å². The van der Waals surface area contributed by atoms with Crippen molar-refractivity contribution in [2.75, 3.05) is 0 Å². The van der Waals surface area contributed by atoms with Gasteiger partial charge in [-0.25, -0.2) is 0 Å².